The molecule has 0 bridgehead atoms. The number of ketones is 1. The van der Waals surface area contributed by atoms with Crippen molar-refractivity contribution in [2.24, 2.45) is 16.0 Å². The summed E-state index contributed by atoms with van der Waals surface area (Å²) in [5.74, 6) is -2.12. The number of nitrogens with one attached hydrogen (secondary N) is 1. The number of carbonyl (C=O) groups excluding carboxylic acids is 3. The van der Waals surface area contributed by atoms with E-state index in [0.29, 0.717) is 0 Å². The van der Waals surface area contributed by atoms with Gasteiger partial charge in [0.25, 0.3) is 17.8 Å². The number of aromatic nitrogens is 4. The summed E-state index contributed by atoms with van der Waals surface area (Å²) >= 11 is 0. The van der Waals surface area contributed by atoms with Crippen molar-refractivity contribution in [2.45, 2.75) is 13.0 Å². The van der Waals surface area contributed by atoms with Crippen molar-refractivity contribution >= 4 is 29.1 Å². The van der Waals surface area contributed by atoms with Crippen LogP contribution in [0.5, 0.6) is 0 Å². The summed E-state index contributed by atoms with van der Waals surface area (Å²) in [5, 5.41) is 23.5. The van der Waals surface area contributed by atoms with Crippen molar-refractivity contribution in [3.8, 4) is 12.0 Å². The zero-order chi connectivity index (χ0) is 22.4. The van der Waals surface area contributed by atoms with Gasteiger partial charge in [-0.2, -0.15) is 20.2 Å². The van der Waals surface area contributed by atoms with E-state index in [9.17, 15) is 19.6 Å². The molecule has 2 heterocycles. The maximum absolute atomic E-state index is 12.6. The molecule has 0 fully saturated rings. The lowest BCUT2D eigenvalue weighted by molar-refractivity contribution is -0.126. The number of para-hydroxylation sites is 1. The molecule has 0 aliphatic carbocycles. The van der Waals surface area contributed by atoms with E-state index >= 15 is 0 Å². The average molecular weight is 417 g/mol. The summed E-state index contributed by atoms with van der Waals surface area (Å²) < 4.78 is 1.15. The minimum absolute atomic E-state index is 0.0398. The number of hydrogen-bond acceptors (Lipinski definition) is 9. The van der Waals surface area contributed by atoms with Gasteiger partial charge < -0.3 is 11.1 Å². The van der Waals surface area contributed by atoms with Crippen LogP contribution in [-0.4, -0.2) is 43.4 Å². The molecule has 12 nitrogen and oxygen atoms in total. The molecule has 3 aromatic rings. The molecule has 2 amide bonds. The molecule has 1 atom stereocenters. The average Bonchev–Trinajstić information content (AvgIpc) is 3.17. The van der Waals surface area contributed by atoms with E-state index < -0.39 is 23.6 Å². The molecule has 1 aromatic carbocycles. The summed E-state index contributed by atoms with van der Waals surface area (Å²) in [6, 6.07) is 8.00. The van der Waals surface area contributed by atoms with Crippen LogP contribution < -0.4 is 11.1 Å². The highest BCUT2D eigenvalue weighted by molar-refractivity contribution is 6.12. The number of carbonyl (C=O) groups is 3. The van der Waals surface area contributed by atoms with E-state index in [-0.39, 0.29) is 28.6 Å². The highest BCUT2D eigenvalue weighted by atomic mass is 16.2. The van der Waals surface area contributed by atoms with Gasteiger partial charge in [-0.15, -0.1) is 5.11 Å². The smallest absolute Gasteiger partial charge is 0.258 e. The number of primary amides is 1. The van der Waals surface area contributed by atoms with Crippen molar-refractivity contribution in [2.75, 3.05) is 5.32 Å². The van der Waals surface area contributed by atoms with Crippen LogP contribution in [0.15, 0.2) is 59.2 Å². The molecule has 3 N–H and O–H groups in total. The van der Waals surface area contributed by atoms with Crippen molar-refractivity contribution < 1.29 is 14.4 Å². The number of nitrogens with zero attached hydrogens (tertiary/aromatic N) is 7. The SMILES string of the molecule is CC(=O)C(N=Nc1c(C#N)cnn1-c1ncccn1)C(=O)Nc1ccccc1C(N)=O. The van der Waals surface area contributed by atoms with E-state index in [1.54, 1.807) is 18.2 Å². The summed E-state index contributed by atoms with van der Waals surface area (Å²) in [4.78, 5) is 44.3. The van der Waals surface area contributed by atoms with E-state index in [1.807, 2.05) is 6.07 Å². The summed E-state index contributed by atoms with van der Waals surface area (Å²) in [6.45, 7) is 1.16. The third-order valence-corrected chi connectivity index (χ3v) is 3.96. The van der Waals surface area contributed by atoms with Crippen LogP contribution in [-0.2, 0) is 9.59 Å². The van der Waals surface area contributed by atoms with Crippen LogP contribution in [0.2, 0.25) is 0 Å². The first-order valence-electron chi connectivity index (χ1n) is 8.79. The standard InChI is InChI=1S/C19H15N9O3/c1-11(29)15(18(31)25-14-6-3-2-5-13(14)16(21)30)26-27-17-12(9-20)10-24-28(17)19-22-7-4-8-23-19/h2-8,10,15H,1H3,(H2,21,30)(H,25,31). The van der Waals surface area contributed by atoms with Crippen molar-refractivity contribution in [3.05, 3.63) is 60.0 Å². The Kier molecular flexibility index (Phi) is 6.17. The molecule has 0 aliphatic rings. The number of benzene rings is 1. The lowest BCUT2D eigenvalue weighted by Crippen LogP contribution is -2.32. The van der Waals surface area contributed by atoms with Gasteiger partial charge in [-0.25, -0.2) is 9.97 Å². The Morgan fingerprint density at radius 1 is 1.19 bits per heavy atom. The van der Waals surface area contributed by atoms with Crippen LogP contribution in [0.4, 0.5) is 11.5 Å². The highest BCUT2D eigenvalue weighted by Gasteiger charge is 2.25. The third kappa shape index (κ3) is 4.62. The first-order chi connectivity index (χ1) is 14.9. The maximum atomic E-state index is 12.6. The minimum atomic E-state index is -1.55. The molecule has 0 saturated heterocycles. The van der Waals surface area contributed by atoms with Crippen LogP contribution in [0.25, 0.3) is 5.95 Å². The van der Waals surface area contributed by atoms with Gasteiger partial charge in [0.15, 0.2) is 11.6 Å². The molecule has 3 rings (SSSR count). The molecule has 0 saturated carbocycles. The molecule has 0 aliphatic heterocycles. The van der Waals surface area contributed by atoms with Gasteiger partial charge in [-0.1, -0.05) is 12.1 Å². The minimum Gasteiger partial charge on any atom is -0.366 e. The Bertz CT molecular complexity index is 1210. The lowest BCUT2D eigenvalue weighted by Gasteiger charge is -2.11. The highest BCUT2D eigenvalue weighted by Crippen LogP contribution is 2.22. The first-order valence-corrected chi connectivity index (χ1v) is 8.79. The van der Waals surface area contributed by atoms with Crippen LogP contribution in [0.1, 0.15) is 22.8 Å². The molecule has 0 radical (unpaired) electrons. The Morgan fingerprint density at radius 2 is 1.90 bits per heavy atom. The number of rotatable bonds is 7. The monoisotopic (exact) mass is 417 g/mol. The second kappa shape index (κ2) is 9.14. The van der Waals surface area contributed by atoms with Gasteiger partial charge >= 0.3 is 0 Å². The van der Waals surface area contributed by atoms with Gasteiger partial charge in [0.1, 0.15) is 11.6 Å². The Morgan fingerprint density at radius 3 is 2.55 bits per heavy atom. The summed E-state index contributed by atoms with van der Waals surface area (Å²) in [5.41, 5.74) is 5.54. The zero-order valence-corrected chi connectivity index (χ0v) is 16.1. The normalized spacial score (nSPS) is 11.6. The van der Waals surface area contributed by atoms with Crippen LogP contribution in [0.3, 0.4) is 0 Å². The van der Waals surface area contributed by atoms with Gasteiger partial charge in [-0.05, 0) is 25.1 Å². The topological polar surface area (TPSA) is 181 Å². The van der Waals surface area contributed by atoms with Gasteiger partial charge in [0.05, 0.1) is 17.4 Å². The molecule has 154 valence electrons. The van der Waals surface area contributed by atoms with Crippen LogP contribution >= 0.6 is 0 Å². The quantitative estimate of drug-likeness (QED) is 0.429. The zero-order valence-electron chi connectivity index (χ0n) is 16.1. The second-order valence-electron chi connectivity index (χ2n) is 6.08. The number of amides is 2. The van der Waals surface area contributed by atoms with Gasteiger partial charge in [0, 0.05) is 12.4 Å². The first kappa shape index (κ1) is 20.9. The van der Waals surface area contributed by atoms with Crippen molar-refractivity contribution in [1.82, 2.24) is 19.7 Å². The largest absolute Gasteiger partial charge is 0.366 e. The predicted octanol–water partition coefficient (Wildman–Crippen LogP) is 1.31. The van der Waals surface area contributed by atoms with Crippen LogP contribution in [0, 0.1) is 11.3 Å². The van der Waals surface area contributed by atoms with Gasteiger partial charge in [-0.3, -0.25) is 14.4 Å². The maximum Gasteiger partial charge on any atom is 0.258 e. The molecule has 0 spiro atoms. The number of nitrogens with two attached hydrogens (primary N) is 1. The number of Topliss-reactive ketones (excluding diaryl/α,β-unsaturated/α-hetero) is 1. The Labute approximate surface area is 175 Å². The molecule has 31 heavy (non-hydrogen) atoms. The van der Waals surface area contributed by atoms with Gasteiger partial charge in [0.2, 0.25) is 6.04 Å². The molecular formula is C19H15N9O3. The number of nitriles is 1. The third-order valence-electron chi connectivity index (χ3n) is 3.96. The molecule has 12 heteroatoms. The number of azo groups is 1. The Hall–Kier alpha value is -4.79. The molecule has 2 aromatic heterocycles. The fourth-order valence-electron chi connectivity index (χ4n) is 2.50. The second-order valence-corrected chi connectivity index (χ2v) is 6.08. The van der Waals surface area contributed by atoms with Crippen molar-refractivity contribution in [3.63, 3.8) is 0 Å². The number of hydrogen-bond donors (Lipinski definition) is 2. The predicted molar refractivity (Wildman–Crippen MR) is 106 cm³/mol. The fourth-order valence-corrected chi connectivity index (χ4v) is 2.50. The summed E-state index contributed by atoms with van der Waals surface area (Å²) in [7, 11) is 0. The Balaban J connectivity index is 1.92. The fraction of sp³-hybridized carbons (Fsp3) is 0.105. The van der Waals surface area contributed by atoms with E-state index in [4.69, 9.17) is 5.73 Å². The molecule has 1 unspecified atom stereocenters. The van der Waals surface area contributed by atoms with E-state index in [0.717, 1.165) is 11.6 Å². The lowest BCUT2D eigenvalue weighted by atomic mass is 10.1. The van der Waals surface area contributed by atoms with E-state index in [1.165, 1.54) is 30.7 Å². The molecular weight excluding hydrogens is 402 g/mol. The number of anilines is 1. The van der Waals surface area contributed by atoms with Crippen molar-refractivity contribution in [1.29, 1.82) is 5.26 Å². The van der Waals surface area contributed by atoms with E-state index in [2.05, 4.69) is 30.6 Å². The summed E-state index contributed by atoms with van der Waals surface area (Å²) in [6.07, 6.45) is 4.18.